The molecule has 0 aliphatic rings. The number of likely N-dealkylation sites (N-methyl/N-ethyl adjacent to an activating group) is 1. The van der Waals surface area contributed by atoms with Crippen molar-refractivity contribution >= 4 is 5.91 Å². The smallest absolute Gasteiger partial charge is 0.255 e. The van der Waals surface area contributed by atoms with Gasteiger partial charge in [0.25, 0.3) is 5.91 Å². The van der Waals surface area contributed by atoms with E-state index >= 15 is 0 Å². The van der Waals surface area contributed by atoms with Crippen LogP contribution in [-0.4, -0.2) is 42.0 Å². The highest BCUT2D eigenvalue weighted by Crippen LogP contribution is 2.02. The van der Waals surface area contributed by atoms with Crippen LogP contribution in [0.25, 0.3) is 0 Å². The average Bonchev–Trinajstić information content (AvgIpc) is 2.37. The summed E-state index contributed by atoms with van der Waals surface area (Å²) in [5.74, 6) is -1.15. The molecule has 18 heavy (non-hydrogen) atoms. The van der Waals surface area contributed by atoms with Crippen LogP contribution < -0.4 is 5.32 Å². The molecule has 0 bridgehead atoms. The predicted octanol–water partition coefficient (Wildman–Crippen LogP) is 1.68. The minimum absolute atomic E-state index is 0.0105. The molecule has 4 nitrogen and oxygen atoms in total. The second kappa shape index (κ2) is 7.06. The molecular formula is C13H20FN3O. The number of pyridine rings is 1. The maximum absolute atomic E-state index is 13.2. The SMILES string of the molecule is CCC(C)N(C)CCNC(=O)c1cccnc1F. The molecule has 0 fully saturated rings. The average molecular weight is 253 g/mol. The van der Waals surface area contributed by atoms with E-state index in [-0.39, 0.29) is 5.56 Å². The van der Waals surface area contributed by atoms with Crippen molar-refractivity contribution in [3.8, 4) is 0 Å². The lowest BCUT2D eigenvalue weighted by Gasteiger charge is -2.23. The summed E-state index contributed by atoms with van der Waals surface area (Å²) >= 11 is 0. The second-order valence-electron chi connectivity index (χ2n) is 4.34. The molecule has 1 unspecified atom stereocenters. The molecular weight excluding hydrogens is 233 g/mol. The monoisotopic (exact) mass is 253 g/mol. The molecule has 0 aromatic carbocycles. The number of amides is 1. The Labute approximate surface area is 107 Å². The van der Waals surface area contributed by atoms with Gasteiger partial charge in [-0.3, -0.25) is 4.79 Å². The van der Waals surface area contributed by atoms with E-state index < -0.39 is 11.9 Å². The fourth-order valence-electron chi connectivity index (χ4n) is 1.53. The zero-order chi connectivity index (χ0) is 13.5. The number of carbonyl (C=O) groups is 1. The molecule has 1 heterocycles. The van der Waals surface area contributed by atoms with Crippen LogP contribution in [0.3, 0.4) is 0 Å². The van der Waals surface area contributed by atoms with E-state index in [1.165, 1.54) is 12.3 Å². The number of hydrogen-bond acceptors (Lipinski definition) is 3. The number of rotatable bonds is 6. The highest BCUT2D eigenvalue weighted by atomic mass is 19.1. The minimum atomic E-state index is -0.731. The summed E-state index contributed by atoms with van der Waals surface area (Å²) in [5.41, 5.74) is -0.0105. The van der Waals surface area contributed by atoms with Crippen LogP contribution >= 0.6 is 0 Å². The zero-order valence-electron chi connectivity index (χ0n) is 11.1. The minimum Gasteiger partial charge on any atom is -0.351 e. The fraction of sp³-hybridized carbons (Fsp3) is 0.538. The number of nitrogens with one attached hydrogen (secondary N) is 1. The van der Waals surface area contributed by atoms with Gasteiger partial charge in [0, 0.05) is 25.3 Å². The molecule has 0 saturated heterocycles. The van der Waals surface area contributed by atoms with Crippen LogP contribution in [0, 0.1) is 5.95 Å². The molecule has 0 aliphatic heterocycles. The maximum Gasteiger partial charge on any atom is 0.255 e. The van der Waals surface area contributed by atoms with E-state index in [2.05, 4.69) is 29.0 Å². The molecule has 1 aromatic heterocycles. The molecule has 1 atom stereocenters. The fourth-order valence-corrected chi connectivity index (χ4v) is 1.53. The molecule has 5 heteroatoms. The quantitative estimate of drug-likeness (QED) is 0.785. The van der Waals surface area contributed by atoms with Gasteiger partial charge in [0.2, 0.25) is 5.95 Å². The Morgan fingerprint density at radius 3 is 2.94 bits per heavy atom. The van der Waals surface area contributed by atoms with E-state index in [0.29, 0.717) is 12.6 Å². The summed E-state index contributed by atoms with van der Waals surface area (Å²) in [6.07, 6.45) is 2.38. The van der Waals surface area contributed by atoms with Crippen molar-refractivity contribution < 1.29 is 9.18 Å². The Morgan fingerprint density at radius 1 is 1.61 bits per heavy atom. The normalized spacial score (nSPS) is 12.5. The largest absolute Gasteiger partial charge is 0.351 e. The topological polar surface area (TPSA) is 45.2 Å². The standard InChI is InChI=1S/C13H20FN3O/c1-4-10(2)17(3)9-8-16-13(18)11-6-5-7-15-12(11)14/h5-7,10H,4,8-9H2,1-3H3,(H,16,18). The van der Waals surface area contributed by atoms with Crippen molar-refractivity contribution in [2.75, 3.05) is 20.1 Å². The first-order valence-electron chi connectivity index (χ1n) is 6.15. The zero-order valence-corrected chi connectivity index (χ0v) is 11.1. The Morgan fingerprint density at radius 2 is 2.33 bits per heavy atom. The van der Waals surface area contributed by atoms with E-state index in [0.717, 1.165) is 13.0 Å². The van der Waals surface area contributed by atoms with Crippen LogP contribution in [0.15, 0.2) is 18.3 Å². The summed E-state index contributed by atoms with van der Waals surface area (Å²) in [6, 6.07) is 3.44. The van der Waals surface area contributed by atoms with Gasteiger partial charge in [-0.2, -0.15) is 4.39 Å². The number of carbonyl (C=O) groups excluding carboxylic acids is 1. The third-order valence-corrected chi connectivity index (χ3v) is 3.10. The molecule has 0 saturated carbocycles. The molecule has 1 N–H and O–H groups in total. The lowest BCUT2D eigenvalue weighted by Crippen LogP contribution is -2.37. The second-order valence-corrected chi connectivity index (χ2v) is 4.34. The molecule has 1 rings (SSSR count). The Balaban J connectivity index is 2.41. The van der Waals surface area contributed by atoms with Crippen LogP contribution in [0.4, 0.5) is 4.39 Å². The van der Waals surface area contributed by atoms with Gasteiger partial charge in [0.1, 0.15) is 0 Å². The third-order valence-electron chi connectivity index (χ3n) is 3.10. The first-order valence-corrected chi connectivity index (χ1v) is 6.15. The number of nitrogens with zero attached hydrogens (tertiary/aromatic N) is 2. The van der Waals surface area contributed by atoms with E-state index in [4.69, 9.17) is 0 Å². The van der Waals surface area contributed by atoms with Crippen molar-refractivity contribution in [3.05, 3.63) is 29.8 Å². The van der Waals surface area contributed by atoms with Gasteiger partial charge in [-0.25, -0.2) is 4.98 Å². The van der Waals surface area contributed by atoms with Gasteiger partial charge in [-0.15, -0.1) is 0 Å². The van der Waals surface area contributed by atoms with Gasteiger partial charge in [-0.1, -0.05) is 6.92 Å². The van der Waals surface area contributed by atoms with Crippen molar-refractivity contribution in [2.45, 2.75) is 26.3 Å². The molecule has 100 valence electrons. The van der Waals surface area contributed by atoms with Gasteiger partial charge < -0.3 is 10.2 Å². The molecule has 0 radical (unpaired) electrons. The van der Waals surface area contributed by atoms with E-state index in [1.54, 1.807) is 6.07 Å². The summed E-state index contributed by atoms with van der Waals surface area (Å²) in [7, 11) is 2.00. The summed E-state index contributed by atoms with van der Waals surface area (Å²) < 4.78 is 13.2. The van der Waals surface area contributed by atoms with Crippen LogP contribution in [0.2, 0.25) is 0 Å². The summed E-state index contributed by atoms with van der Waals surface area (Å²) in [5, 5.41) is 2.69. The van der Waals surface area contributed by atoms with Crippen molar-refractivity contribution in [1.29, 1.82) is 0 Å². The lowest BCUT2D eigenvalue weighted by molar-refractivity contribution is 0.0942. The Hall–Kier alpha value is -1.49. The third kappa shape index (κ3) is 4.07. The predicted molar refractivity (Wildman–Crippen MR) is 68.9 cm³/mol. The first kappa shape index (κ1) is 14.6. The van der Waals surface area contributed by atoms with Gasteiger partial charge in [0.05, 0.1) is 5.56 Å². The van der Waals surface area contributed by atoms with Gasteiger partial charge in [0.15, 0.2) is 0 Å². The Kier molecular flexibility index (Phi) is 5.71. The number of aromatic nitrogens is 1. The highest BCUT2D eigenvalue weighted by Gasteiger charge is 2.12. The molecule has 0 aliphatic carbocycles. The van der Waals surface area contributed by atoms with Gasteiger partial charge >= 0.3 is 0 Å². The van der Waals surface area contributed by atoms with Crippen LogP contribution in [0.1, 0.15) is 30.6 Å². The summed E-state index contributed by atoms with van der Waals surface area (Å²) in [6.45, 7) is 5.48. The first-order chi connectivity index (χ1) is 8.56. The van der Waals surface area contributed by atoms with Crippen LogP contribution in [-0.2, 0) is 0 Å². The van der Waals surface area contributed by atoms with E-state index in [1.807, 2.05) is 7.05 Å². The number of halogens is 1. The van der Waals surface area contributed by atoms with E-state index in [9.17, 15) is 9.18 Å². The maximum atomic E-state index is 13.2. The van der Waals surface area contributed by atoms with Crippen molar-refractivity contribution in [1.82, 2.24) is 15.2 Å². The summed E-state index contributed by atoms with van der Waals surface area (Å²) in [4.78, 5) is 17.3. The van der Waals surface area contributed by atoms with Crippen LogP contribution in [0.5, 0.6) is 0 Å². The Bertz CT molecular complexity index is 398. The van der Waals surface area contributed by atoms with Gasteiger partial charge in [-0.05, 0) is 32.5 Å². The highest BCUT2D eigenvalue weighted by molar-refractivity contribution is 5.94. The number of hydrogen-bond donors (Lipinski definition) is 1. The van der Waals surface area contributed by atoms with Crippen molar-refractivity contribution in [2.24, 2.45) is 0 Å². The molecule has 0 spiro atoms. The molecule has 1 aromatic rings. The van der Waals surface area contributed by atoms with Crippen molar-refractivity contribution in [3.63, 3.8) is 0 Å². The lowest BCUT2D eigenvalue weighted by atomic mass is 10.2. The molecule has 1 amide bonds.